The van der Waals surface area contributed by atoms with Crippen LogP contribution >= 0.6 is 0 Å². The normalized spacial score (nSPS) is 9.40. The molecule has 0 unspecified atom stereocenters. The SMILES string of the molecule is Cc1cccc(C(=O)C(C#N)C#N)c1C. The van der Waals surface area contributed by atoms with Gasteiger partial charge in [-0.25, -0.2) is 0 Å². The van der Waals surface area contributed by atoms with Crippen molar-refractivity contribution in [2.45, 2.75) is 13.8 Å². The number of hydrogen-bond acceptors (Lipinski definition) is 3. The smallest absolute Gasteiger partial charge is 0.195 e. The van der Waals surface area contributed by atoms with E-state index in [1.807, 2.05) is 19.9 Å². The average Bonchev–Trinajstić information content (AvgIpc) is 2.23. The Kier molecular flexibility index (Phi) is 3.21. The zero-order valence-electron chi connectivity index (χ0n) is 8.61. The Morgan fingerprint density at radius 2 is 1.87 bits per heavy atom. The molecule has 0 saturated heterocycles. The highest BCUT2D eigenvalue weighted by Gasteiger charge is 2.20. The fraction of sp³-hybridized carbons (Fsp3) is 0.250. The third-order valence-corrected chi connectivity index (χ3v) is 2.39. The maximum absolute atomic E-state index is 11.7. The third-order valence-electron chi connectivity index (χ3n) is 2.39. The Balaban J connectivity index is 3.20. The van der Waals surface area contributed by atoms with Crippen LogP contribution in [0.1, 0.15) is 21.5 Å². The molecule has 0 aliphatic rings. The van der Waals surface area contributed by atoms with Crippen molar-refractivity contribution in [3.8, 4) is 12.1 Å². The van der Waals surface area contributed by atoms with Gasteiger partial charge in [0.1, 0.15) is 0 Å². The minimum atomic E-state index is -1.20. The Labute approximate surface area is 88.6 Å². The molecule has 0 amide bonds. The summed E-state index contributed by atoms with van der Waals surface area (Å²) in [5.74, 6) is -1.62. The number of hydrogen-bond donors (Lipinski definition) is 0. The van der Waals surface area contributed by atoms with Gasteiger partial charge >= 0.3 is 0 Å². The van der Waals surface area contributed by atoms with Crippen LogP contribution in [0.3, 0.4) is 0 Å². The quantitative estimate of drug-likeness (QED) is 0.684. The van der Waals surface area contributed by atoms with Crippen molar-refractivity contribution in [1.82, 2.24) is 0 Å². The summed E-state index contributed by atoms with van der Waals surface area (Å²) in [6.07, 6.45) is 0. The first-order valence-corrected chi connectivity index (χ1v) is 4.51. The number of aryl methyl sites for hydroxylation is 1. The van der Waals surface area contributed by atoms with E-state index in [0.29, 0.717) is 5.56 Å². The summed E-state index contributed by atoms with van der Waals surface area (Å²) in [5, 5.41) is 17.2. The van der Waals surface area contributed by atoms with Gasteiger partial charge in [-0.1, -0.05) is 18.2 Å². The fourth-order valence-corrected chi connectivity index (χ4v) is 1.32. The molecule has 1 aromatic carbocycles. The van der Waals surface area contributed by atoms with Gasteiger partial charge in [0, 0.05) is 5.56 Å². The lowest BCUT2D eigenvalue weighted by molar-refractivity contribution is 0.0970. The first-order valence-electron chi connectivity index (χ1n) is 4.51. The number of Topliss-reactive ketones (excluding diaryl/α,β-unsaturated/α-hetero) is 1. The molecule has 3 nitrogen and oxygen atoms in total. The van der Waals surface area contributed by atoms with Crippen molar-refractivity contribution in [3.05, 3.63) is 34.9 Å². The van der Waals surface area contributed by atoms with E-state index in [1.165, 1.54) is 0 Å². The van der Waals surface area contributed by atoms with Crippen LogP contribution in [-0.4, -0.2) is 5.78 Å². The summed E-state index contributed by atoms with van der Waals surface area (Å²) in [4.78, 5) is 11.7. The van der Waals surface area contributed by atoms with Gasteiger partial charge < -0.3 is 0 Å². The highest BCUT2D eigenvalue weighted by atomic mass is 16.1. The standard InChI is InChI=1S/C12H10N2O/c1-8-4-3-5-11(9(8)2)12(15)10(6-13)7-14/h3-5,10H,1-2H3. The molecule has 0 aromatic heterocycles. The highest BCUT2D eigenvalue weighted by Crippen LogP contribution is 2.16. The molecular formula is C12H10N2O. The zero-order valence-corrected chi connectivity index (χ0v) is 8.61. The van der Waals surface area contributed by atoms with E-state index in [1.54, 1.807) is 24.3 Å². The fourth-order valence-electron chi connectivity index (χ4n) is 1.32. The van der Waals surface area contributed by atoms with Crippen LogP contribution < -0.4 is 0 Å². The predicted octanol–water partition coefficient (Wildman–Crippen LogP) is 2.15. The molecule has 0 saturated carbocycles. The monoisotopic (exact) mass is 198 g/mol. The van der Waals surface area contributed by atoms with E-state index in [9.17, 15) is 4.79 Å². The lowest BCUT2D eigenvalue weighted by Gasteiger charge is -2.06. The second-order valence-corrected chi connectivity index (χ2v) is 3.30. The van der Waals surface area contributed by atoms with Gasteiger partial charge in [0.2, 0.25) is 0 Å². The molecule has 0 spiro atoms. The molecule has 0 aliphatic carbocycles. The van der Waals surface area contributed by atoms with E-state index < -0.39 is 11.7 Å². The molecule has 0 bridgehead atoms. The molecule has 74 valence electrons. The van der Waals surface area contributed by atoms with E-state index >= 15 is 0 Å². The molecule has 3 heteroatoms. The second kappa shape index (κ2) is 4.39. The number of nitriles is 2. The maximum atomic E-state index is 11.7. The summed E-state index contributed by atoms with van der Waals surface area (Å²) < 4.78 is 0. The Morgan fingerprint density at radius 3 is 2.40 bits per heavy atom. The van der Waals surface area contributed by atoms with Crippen molar-refractivity contribution in [2.24, 2.45) is 5.92 Å². The van der Waals surface area contributed by atoms with Crippen molar-refractivity contribution in [2.75, 3.05) is 0 Å². The largest absolute Gasteiger partial charge is 0.291 e. The van der Waals surface area contributed by atoms with Gasteiger partial charge in [-0.15, -0.1) is 0 Å². The molecule has 0 atom stereocenters. The zero-order chi connectivity index (χ0) is 11.4. The van der Waals surface area contributed by atoms with Gasteiger partial charge in [0.25, 0.3) is 0 Å². The second-order valence-electron chi connectivity index (χ2n) is 3.30. The van der Waals surface area contributed by atoms with E-state index in [-0.39, 0.29) is 0 Å². The van der Waals surface area contributed by atoms with Crippen LogP contribution in [0.2, 0.25) is 0 Å². The number of ketones is 1. The number of benzene rings is 1. The minimum absolute atomic E-state index is 0.416. The summed E-state index contributed by atoms with van der Waals surface area (Å²) in [5.41, 5.74) is 2.27. The van der Waals surface area contributed by atoms with Crippen LogP contribution in [0.15, 0.2) is 18.2 Å². The van der Waals surface area contributed by atoms with Crippen molar-refractivity contribution in [1.29, 1.82) is 10.5 Å². The van der Waals surface area contributed by atoms with Crippen LogP contribution in [0, 0.1) is 42.4 Å². The molecule has 1 aromatic rings. The van der Waals surface area contributed by atoms with Gasteiger partial charge in [-0.05, 0) is 25.0 Å². The van der Waals surface area contributed by atoms with Crippen LogP contribution in [-0.2, 0) is 0 Å². The first kappa shape index (κ1) is 10.9. The minimum Gasteiger partial charge on any atom is -0.291 e. The van der Waals surface area contributed by atoms with Crippen molar-refractivity contribution in [3.63, 3.8) is 0 Å². The predicted molar refractivity (Wildman–Crippen MR) is 55.0 cm³/mol. The van der Waals surface area contributed by atoms with E-state index in [4.69, 9.17) is 10.5 Å². The molecule has 0 fully saturated rings. The average molecular weight is 198 g/mol. The van der Waals surface area contributed by atoms with Gasteiger partial charge in [-0.3, -0.25) is 4.79 Å². The number of nitrogens with zero attached hydrogens (tertiary/aromatic N) is 2. The van der Waals surface area contributed by atoms with Crippen molar-refractivity contribution < 1.29 is 4.79 Å². The Bertz CT molecular complexity index is 463. The lowest BCUT2D eigenvalue weighted by atomic mass is 9.94. The maximum Gasteiger partial charge on any atom is 0.195 e. The Morgan fingerprint density at radius 1 is 1.27 bits per heavy atom. The summed E-state index contributed by atoms with van der Waals surface area (Å²) in [7, 11) is 0. The number of carbonyl (C=O) groups is 1. The van der Waals surface area contributed by atoms with Gasteiger partial charge in [0.05, 0.1) is 12.1 Å². The summed E-state index contributed by atoms with van der Waals surface area (Å²) >= 11 is 0. The molecular weight excluding hydrogens is 188 g/mol. The van der Waals surface area contributed by atoms with E-state index in [2.05, 4.69) is 0 Å². The molecule has 0 radical (unpaired) electrons. The summed E-state index contributed by atoms with van der Waals surface area (Å²) in [6.45, 7) is 3.70. The first-order chi connectivity index (χ1) is 7.11. The summed E-state index contributed by atoms with van der Waals surface area (Å²) in [6, 6.07) is 8.66. The Hall–Kier alpha value is -2.13. The van der Waals surface area contributed by atoms with Crippen LogP contribution in [0.25, 0.3) is 0 Å². The highest BCUT2D eigenvalue weighted by molar-refractivity contribution is 6.02. The van der Waals surface area contributed by atoms with Gasteiger partial charge in [0.15, 0.2) is 11.7 Å². The molecule has 0 heterocycles. The van der Waals surface area contributed by atoms with Gasteiger partial charge in [-0.2, -0.15) is 10.5 Å². The molecule has 1 rings (SSSR count). The number of rotatable bonds is 2. The van der Waals surface area contributed by atoms with Crippen LogP contribution in [0.5, 0.6) is 0 Å². The molecule has 0 N–H and O–H groups in total. The topological polar surface area (TPSA) is 64.7 Å². The number of carbonyl (C=O) groups excluding carboxylic acids is 1. The molecule has 0 aliphatic heterocycles. The third kappa shape index (κ3) is 2.03. The van der Waals surface area contributed by atoms with Crippen molar-refractivity contribution >= 4 is 5.78 Å². The lowest BCUT2D eigenvalue weighted by Crippen LogP contribution is -2.12. The van der Waals surface area contributed by atoms with E-state index in [0.717, 1.165) is 11.1 Å². The molecule has 15 heavy (non-hydrogen) atoms. The van der Waals surface area contributed by atoms with Crippen LogP contribution in [0.4, 0.5) is 0 Å².